The summed E-state index contributed by atoms with van der Waals surface area (Å²) < 4.78 is 15.2. The second-order valence-electron chi connectivity index (χ2n) is 7.35. The van der Waals surface area contributed by atoms with Gasteiger partial charge < -0.3 is 0 Å². The molecule has 3 amide bonds. The molecule has 0 aliphatic carbocycles. The molecule has 4 rings (SSSR count). The third-order valence-electron chi connectivity index (χ3n) is 5.34. The van der Waals surface area contributed by atoms with Gasteiger partial charge in [-0.2, -0.15) is 0 Å². The lowest BCUT2D eigenvalue weighted by Gasteiger charge is -2.31. The van der Waals surface area contributed by atoms with Gasteiger partial charge >= 0.3 is 12.0 Å². The van der Waals surface area contributed by atoms with Gasteiger partial charge in [-0.1, -0.05) is 47.5 Å². The molecule has 154 valence electrons. The molecule has 0 bridgehead atoms. The number of benzene rings is 2. The molecule has 2 aromatic carbocycles. The van der Waals surface area contributed by atoms with Crippen molar-refractivity contribution in [1.29, 1.82) is 0 Å². The van der Waals surface area contributed by atoms with Crippen LogP contribution in [-0.2, 0) is 17.8 Å². The van der Waals surface area contributed by atoms with E-state index in [0.29, 0.717) is 24.9 Å². The summed E-state index contributed by atoms with van der Waals surface area (Å²) in [4.78, 5) is 32.3. The number of hydrogen-bond donors (Lipinski definition) is 1. The first-order valence-corrected chi connectivity index (χ1v) is 9.75. The van der Waals surface area contributed by atoms with Crippen LogP contribution in [0.2, 0.25) is 0 Å². The maximum atomic E-state index is 13.3. The van der Waals surface area contributed by atoms with Gasteiger partial charge in [0, 0.05) is 20.5 Å². The number of nitrogens with zero attached hydrogens (tertiary/aromatic N) is 4. The molecular formula is C22H23FN5O2+. The molecule has 1 unspecified atom stereocenters. The molecule has 30 heavy (non-hydrogen) atoms. The van der Waals surface area contributed by atoms with Crippen LogP contribution in [0.1, 0.15) is 11.1 Å². The molecule has 1 atom stereocenters. The molecule has 1 saturated heterocycles. The van der Waals surface area contributed by atoms with E-state index in [1.165, 1.54) is 29.6 Å². The van der Waals surface area contributed by atoms with E-state index < -0.39 is 12.1 Å². The molecule has 2 aromatic rings. The van der Waals surface area contributed by atoms with Gasteiger partial charge in [0.25, 0.3) is 5.91 Å². The lowest BCUT2D eigenvalue weighted by Crippen LogP contribution is -2.61. The Morgan fingerprint density at radius 1 is 1.00 bits per heavy atom. The largest absolute Gasteiger partial charge is 0.390 e. The van der Waals surface area contributed by atoms with Gasteiger partial charge in [0.05, 0.1) is 13.1 Å². The van der Waals surface area contributed by atoms with Crippen molar-refractivity contribution in [3.05, 3.63) is 71.5 Å². The van der Waals surface area contributed by atoms with Crippen molar-refractivity contribution in [3.63, 3.8) is 0 Å². The molecule has 2 heterocycles. The third-order valence-corrected chi connectivity index (χ3v) is 5.34. The molecule has 1 N–H and O–H groups in total. The molecule has 7 nitrogen and oxygen atoms in total. The van der Waals surface area contributed by atoms with E-state index in [1.807, 2.05) is 34.9 Å². The smallest absolute Gasteiger partial charge is 0.274 e. The van der Waals surface area contributed by atoms with Gasteiger partial charge in [0.15, 0.2) is 0 Å². The van der Waals surface area contributed by atoms with Crippen molar-refractivity contribution in [1.82, 2.24) is 15.1 Å². The lowest BCUT2D eigenvalue weighted by atomic mass is 10.1. The van der Waals surface area contributed by atoms with Crippen LogP contribution in [-0.4, -0.2) is 64.8 Å². The first-order chi connectivity index (χ1) is 14.5. The molecule has 0 aromatic heterocycles. The predicted octanol–water partition coefficient (Wildman–Crippen LogP) is 1.83. The number of amidine groups is 1. The number of carbonyl (C=O) groups is 2. The Bertz CT molecular complexity index is 1030. The van der Waals surface area contributed by atoms with Crippen molar-refractivity contribution in [3.8, 4) is 0 Å². The Morgan fingerprint density at radius 2 is 1.70 bits per heavy atom. The van der Waals surface area contributed by atoms with Crippen LogP contribution in [0.15, 0.2) is 59.6 Å². The quantitative estimate of drug-likeness (QED) is 0.768. The average Bonchev–Trinajstić information content (AvgIpc) is 3.11. The Hall–Kier alpha value is -3.55. The van der Waals surface area contributed by atoms with Crippen LogP contribution >= 0.6 is 0 Å². The number of imide groups is 1. The van der Waals surface area contributed by atoms with Crippen LogP contribution in [0.5, 0.6) is 0 Å². The third kappa shape index (κ3) is 3.68. The average molecular weight is 408 g/mol. The maximum absolute atomic E-state index is 13.3. The Labute approximate surface area is 174 Å². The Kier molecular flexibility index (Phi) is 5.31. The standard InChI is InChI=1S/C22H22FN5O2/c1-26-19-18(20(29)27(2)22(26)30)28(14-16-8-10-17(23)11-9-16)21(25-19)24-13-12-15-6-4-3-5-7-15/h3-11,18H,12-14H2,1-2H3/p+1. The monoisotopic (exact) mass is 408 g/mol. The van der Waals surface area contributed by atoms with Crippen LogP contribution in [0, 0.1) is 5.82 Å². The number of aliphatic imine (C=N–C) groups is 1. The zero-order valence-electron chi connectivity index (χ0n) is 16.9. The SMILES string of the molecule is CN1C(=O)C2C(=NC(NCCc3ccccc3)=[N+]2Cc2ccc(F)cc2)N(C)C1=O. The van der Waals surface area contributed by atoms with E-state index in [1.54, 1.807) is 19.2 Å². The van der Waals surface area contributed by atoms with Crippen molar-refractivity contribution in [2.45, 2.75) is 19.0 Å². The summed E-state index contributed by atoms with van der Waals surface area (Å²) in [7, 11) is 3.08. The Balaban J connectivity index is 1.62. The zero-order valence-corrected chi connectivity index (χ0v) is 16.9. The van der Waals surface area contributed by atoms with E-state index in [9.17, 15) is 14.0 Å². The molecule has 2 aliphatic rings. The van der Waals surface area contributed by atoms with Gasteiger partial charge in [0.1, 0.15) is 5.82 Å². The minimum Gasteiger partial charge on any atom is -0.274 e. The summed E-state index contributed by atoms with van der Waals surface area (Å²) >= 11 is 0. The molecule has 2 aliphatic heterocycles. The van der Waals surface area contributed by atoms with Gasteiger partial charge in [0.2, 0.25) is 11.9 Å². The molecule has 0 spiro atoms. The summed E-state index contributed by atoms with van der Waals surface area (Å²) in [6, 6.07) is 15.1. The van der Waals surface area contributed by atoms with E-state index in [2.05, 4.69) is 10.3 Å². The number of urea groups is 1. The fraction of sp³-hybridized carbons (Fsp3) is 0.273. The second kappa shape index (κ2) is 8.06. The number of guanidine groups is 1. The van der Waals surface area contributed by atoms with Crippen molar-refractivity contribution >= 4 is 23.7 Å². The fourth-order valence-electron chi connectivity index (χ4n) is 3.66. The first-order valence-electron chi connectivity index (χ1n) is 9.75. The van der Waals surface area contributed by atoms with Gasteiger partial charge in [-0.25, -0.2) is 13.8 Å². The molecular weight excluding hydrogens is 385 g/mol. The normalized spacial score (nSPS) is 18.6. The number of rotatable bonds is 5. The van der Waals surface area contributed by atoms with Gasteiger partial charge in [-0.05, 0) is 23.3 Å². The number of fused-ring (bicyclic) bond motifs is 1. The van der Waals surface area contributed by atoms with Gasteiger partial charge in [-0.3, -0.25) is 19.9 Å². The molecule has 0 saturated carbocycles. The van der Waals surface area contributed by atoms with E-state index >= 15 is 0 Å². The highest BCUT2D eigenvalue weighted by molar-refractivity contribution is 6.22. The van der Waals surface area contributed by atoms with E-state index in [-0.39, 0.29) is 11.7 Å². The minimum absolute atomic E-state index is 0.318. The summed E-state index contributed by atoms with van der Waals surface area (Å²) in [5, 5.41) is 3.31. The summed E-state index contributed by atoms with van der Waals surface area (Å²) in [6.07, 6.45) is 0.785. The van der Waals surface area contributed by atoms with Crippen LogP contribution in [0.25, 0.3) is 0 Å². The minimum atomic E-state index is -0.707. The topological polar surface area (TPSA) is 68.0 Å². The summed E-state index contributed by atoms with van der Waals surface area (Å²) in [5.41, 5.74) is 2.02. The maximum Gasteiger partial charge on any atom is 0.390 e. The molecule has 1 fully saturated rings. The highest BCUT2D eigenvalue weighted by atomic mass is 19.1. The van der Waals surface area contributed by atoms with Crippen molar-refractivity contribution < 1.29 is 18.6 Å². The summed E-state index contributed by atoms with van der Waals surface area (Å²) in [6.45, 7) is 0.970. The summed E-state index contributed by atoms with van der Waals surface area (Å²) in [5.74, 6) is 0.269. The van der Waals surface area contributed by atoms with Gasteiger partial charge in [-0.15, -0.1) is 0 Å². The number of nitrogens with one attached hydrogen (secondary N) is 1. The predicted molar refractivity (Wildman–Crippen MR) is 111 cm³/mol. The highest BCUT2D eigenvalue weighted by Crippen LogP contribution is 2.20. The first kappa shape index (κ1) is 19.8. The fourth-order valence-corrected chi connectivity index (χ4v) is 3.66. The van der Waals surface area contributed by atoms with E-state index in [4.69, 9.17) is 0 Å². The Morgan fingerprint density at radius 3 is 2.40 bits per heavy atom. The number of hydrogen-bond acceptors (Lipinski definition) is 4. The van der Waals surface area contributed by atoms with Crippen LogP contribution in [0.3, 0.4) is 0 Å². The second-order valence-corrected chi connectivity index (χ2v) is 7.35. The number of amides is 3. The highest BCUT2D eigenvalue weighted by Gasteiger charge is 2.51. The zero-order chi connectivity index (χ0) is 21.3. The van der Waals surface area contributed by atoms with Crippen molar-refractivity contribution in [2.75, 3.05) is 20.6 Å². The molecule has 0 radical (unpaired) electrons. The van der Waals surface area contributed by atoms with Crippen LogP contribution in [0.4, 0.5) is 9.18 Å². The molecule has 8 heteroatoms. The van der Waals surface area contributed by atoms with Crippen molar-refractivity contribution in [2.24, 2.45) is 4.99 Å². The van der Waals surface area contributed by atoms with Crippen LogP contribution < -0.4 is 5.32 Å². The van der Waals surface area contributed by atoms with E-state index in [0.717, 1.165) is 16.9 Å². The number of halogens is 1. The lowest BCUT2D eigenvalue weighted by molar-refractivity contribution is -0.553. The number of carbonyl (C=O) groups excluding carboxylic acids is 2. The number of likely N-dealkylation sites (N-methyl/N-ethyl adjacent to an activating group) is 2.